The minimum Gasteiger partial charge on any atom is -0.434 e. The fourth-order valence-electron chi connectivity index (χ4n) is 2.18. The van der Waals surface area contributed by atoms with Gasteiger partial charge in [0.2, 0.25) is 10.0 Å². The third-order valence-corrected chi connectivity index (χ3v) is 4.23. The second-order valence-corrected chi connectivity index (χ2v) is 6.52. The molecule has 0 aliphatic rings. The number of ether oxygens (including phenoxy) is 1. The summed E-state index contributed by atoms with van der Waals surface area (Å²) in [4.78, 5) is -0.0349. The van der Waals surface area contributed by atoms with Gasteiger partial charge >= 0.3 is 6.61 Å². The highest BCUT2D eigenvalue weighted by atomic mass is 32.2. The van der Waals surface area contributed by atoms with E-state index in [-0.39, 0.29) is 10.6 Å². The molecule has 130 valence electrons. The number of hydrogen-bond donors (Lipinski definition) is 1. The summed E-state index contributed by atoms with van der Waals surface area (Å²) in [5.74, 6) is -0.0193. The van der Waals surface area contributed by atoms with Crippen molar-refractivity contribution >= 4 is 10.0 Å². The lowest BCUT2D eigenvalue weighted by Crippen LogP contribution is -2.12. The molecule has 0 amide bonds. The van der Waals surface area contributed by atoms with E-state index in [2.05, 4.69) is 15.0 Å². The van der Waals surface area contributed by atoms with Crippen LogP contribution in [-0.4, -0.2) is 30.0 Å². The highest BCUT2D eigenvalue weighted by molar-refractivity contribution is 7.89. The van der Waals surface area contributed by atoms with E-state index in [1.807, 2.05) is 0 Å². The van der Waals surface area contributed by atoms with E-state index in [1.54, 1.807) is 18.2 Å². The zero-order valence-corrected chi connectivity index (χ0v) is 13.4. The zero-order valence-electron chi connectivity index (χ0n) is 12.6. The van der Waals surface area contributed by atoms with Crippen LogP contribution in [0.15, 0.2) is 59.6 Å². The highest BCUT2D eigenvalue weighted by Gasteiger charge is 2.14. The summed E-state index contributed by atoms with van der Waals surface area (Å²) in [6.45, 7) is -2.96. The van der Waals surface area contributed by atoms with Crippen LogP contribution >= 0.6 is 0 Å². The first-order valence-corrected chi connectivity index (χ1v) is 8.49. The van der Waals surface area contributed by atoms with Gasteiger partial charge in [0.15, 0.2) is 0 Å². The highest BCUT2D eigenvalue weighted by Crippen LogP contribution is 2.29. The number of nitrogens with two attached hydrogens (primary N) is 1. The van der Waals surface area contributed by atoms with Crippen LogP contribution in [0.1, 0.15) is 0 Å². The molecule has 2 N–H and O–H groups in total. The Hall–Kier alpha value is -2.85. The van der Waals surface area contributed by atoms with Crippen LogP contribution in [0.25, 0.3) is 16.9 Å². The summed E-state index contributed by atoms with van der Waals surface area (Å²) in [5.41, 5.74) is 1.21. The summed E-state index contributed by atoms with van der Waals surface area (Å²) < 4.78 is 53.4. The van der Waals surface area contributed by atoms with Crippen molar-refractivity contribution in [2.75, 3.05) is 0 Å². The van der Waals surface area contributed by atoms with Crippen molar-refractivity contribution in [2.45, 2.75) is 11.5 Å². The zero-order chi connectivity index (χ0) is 18.0. The van der Waals surface area contributed by atoms with Crippen LogP contribution in [-0.2, 0) is 10.0 Å². The Balaban J connectivity index is 1.93. The lowest BCUT2D eigenvalue weighted by atomic mass is 10.1. The van der Waals surface area contributed by atoms with Crippen molar-refractivity contribution in [3.63, 3.8) is 0 Å². The summed E-state index contributed by atoms with van der Waals surface area (Å²) >= 11 is 0. The molecule has 25 heavy (non-hydrogen) atoms. The topological polar surface area (TPSA) is 100 Å². The molecule has 0 aliphatic carbocycles. The molecule has 3 aromatic rings. The van der Waals surface area contributed by atoms with Gasteiger partial charge in [-0.1, -0.05) is 17.3 Å². The molecule has 10 heteroatoms. The molecular weight excluding hydrogens is 354 g/mol. The average molecular weight is 366 g/mol. The van der Waals surface area contributed by atoms with Gasteiger partial charge in [0.1, 0.15) is 11.4 Å². The monoisotopic (exact) mass is 366 g/mol. The second kappa shape index (κ2) is 6.57. The Bertz CT molecular complexity index is 988. The van der Waals surface area contributed by atoms with E-state index in [0.29, 0.717) is 16.9 Å². The van der Waals surface area contributed by atoms with Gasteiger partial charge in [-0.05, 0) is 36.4 Å². The Morgan fingerprint density at radius 2 is 1.76 bits per heavy atom. The first-order valence-electron chi connectivity index (χ1n) is 6.94. The molecule has 1 heterocycles. The van der Waals surface area contributed by atoms with Gasteiger partial charge in [0.05, 0.1) is 16.8 Å². The molecule has 0 aliphatic heterocycles. The number of halogens is 2. The third kappa shape index (κ3) is 3.80. The van der Waals surface area contributed by atoms with E-state index in [0.717, 1.165) is 0 Å². The molecule has 1 aromatic heterocycles. The predicted octanol–water partition coefficient (Wildman–Crippen LogP) is 2.18. The molecule has 0 saturated heterocycles. The van der Waals surface area contributed by atoms with Crippen LogP contribution < -0.4 is 9.88 Å². The first kappa shape index (κ1) is 17.0. The van der Waals surface area contributed by atoms with Gasteiger partial charge in [-0.3, -0.25) is 0 Å². The fraction of sp³-hybridized carbons (Fsp3) is 0.0667. The van der Waals surface area contributed by atoms with Crippen molar-refractivity contribution in [1.29, 1.82) is 0 Å². The molecule has 3 rings (SSSR count). The predicted molar refractivity (Wildman–Crippen MR) is 84.8 cm³/mol. The van der Waals surface area contributed by atoms with Crippen molar-refractivity contribution in [3.05, 3.63) is 54.7 Å². The molecule has 0 atom stereocenters. The molecular formula is C15H12F2N4O3S. The van der Waals surface area contributed by atoms with Crippen molar-refractivity contribution in [2.24, 2.45) is 5.14 Å². The van der Waals surface area contributed by atoms with Gasteiger partial charge in [-0.25, -0.2) is 18.2 Å². The maximum atomic E-state index is 12.5. The van der Waals surface area contributed by atoms with Crippen molar-refractivity contribution < 1.29 is 21.9 Å². The number of hydrogen-bond acceptors (Lipinski definition) is 5. The Morgan fingerprint density at radius 1 is 1.08 bits per heavy atom. The molecule has 0 spiro atoms. The molecule has 7 nitrogen and oxygen atoms in total. The second-order valence-electron chi connectivity index (χ2n) is 4.96. The summed E-state index contributed by atoms with van der Waals surface area (Å²) in [6.07, 6.45) is 1.51. The van der Waals surface area contributed by atoms with Crippen molar-refractivity contribution in [3.8, 4) is 22.7 Å². The standard InChI is InChI=1S/C15H12F2N4O3S/c16-15(17)24-14-4-2-1-3-12(14)13-9-21(20-19-13)10-5-7-11(8-6-10)25(18,22)23/h1-9,15H,(H2,18,22,23). The minimum absolute atomic E-state index is 0.0193. The number of aromatic nitrogens is 3. The molecule has 0 bridgehead atoms. The number of para-hydroxylation sites is 1. The normalized spacial score (nSPS) is 11.7. The Morgan fingerprint density at radius 3 is 2.40 bits per heavy atom. The average Bonchev–Trinajstić information content (AvgIpc) is 3.04. The molecule has 0 unspecified atom stereocenters. The summed E-state index contributed by atoms with van der Waals surface area (Å²) in [7, 11) is -3.79. The van der Waals surface area contributed by atoms with Gasteiger partial charge in [-0.15, -0.1) is 5.10 Å². The quantitative estimate of drug-likeness (QED) is 0.746. The Kier molecular flexibility index (Phi) is 4.47. The number of benzene rings is 2. The molecule has 2 aromatic carbocycles. The number of sulfonamides is 1. The molecule has 0 radical (unpaired) electrons. The fourth-order valence-corrected chi connectivity index (χ4v) is 2.69. The lowest BCUT2D eigenvalue weighted by molar-refractivity contribution is -0.0494. The van der Waals surface area contributed by atoms with E-state index in [9.17, 15) is 17.2 Å². The molecule has 0 fully saturated rings. The minimum atomic E-state index is -3.79. The van der Waals surface area contributed by atoms with Crippen LogP contribution in [0.3, 0.4) is 0 Å². The van der Waals surface area contributed by atoms with E-state index < -0.39 is 16.6 Å². The number of alkyl halides is 2. The summed E-state index contributed by atoms with van der Waals surface area (Å²) in [6, 6.07) is 11.9. The summed E-state index contributed by atoms with van der Waals surface area (Å²) in [5, 5.41) is 12.9. The van der Waals surface area contributed by atoms with Crippen LogP contribution in [0.2, 0.25) is 0 Å². The van der Waals surface area contributed by atoms with Gasteiger partial charge in [-0.2, -0.15) is 8.78 Å². The smallest absolute Gasteiger partial charge is 0.387 e. The van der Waals surface area contributed by atoms with Gasteiger partial charge in [0.25, 0.3) is 0 Å². The maximum Gasteiger partial charge on any atom is 0.387 e. The van der Waals surface area contributed by atoms with Gasteiger partial charge in [0, 0.05) is 5.56 Å². The largest absolute Gasteiger partial charge is 0.434 e. The molecule has 0 saturated carbocycles. The first-order chi connectivity index (χ1) is 11.8. The van der Waals surface area contributed by atoms with Crippen LogP contribution in [0.4, 0.5) is 8.78 Å². The number of primary sulfonamides is 1. The van der Waals surface area contributed by atoms with Crippen molar-refractivity contribution in [1.82, 2.24) is 15.0 Å². The van der Waals surface area contributed by atoms with Gasteiger partial charge < -0.3 is 4.74 Å². The van der Waals surface area contributed by atoms with E-state index in [1.165, 1.54) is 41.2 Å². The van der Waals surface area contributed by atoms with Crippen LogP contribution in [0.5, 0.6) is 5.75 Å². The third-order valence-electron chi connectivity index (χ3n) is 3.30. The Labute approximate surface area is 141 Å². The SMILES string of the molecule is NS(=O)(=O)c1ccc(-n2cc(-c3ccccc3OC(F)F)nn2)cc1. The lowest BCUT2D eigenvalue weighted by Gasteiger charge is -2.07. The van der Waals surface area contributed by atoms with E-state index in [4.69, 9.17) is 5.14 Å². The number of nitrogens with zero attached hydrogens (tertiary/aromatic N) is 3. The van der Waals surface area contributed by atoms with E-state index >= 15 is 0 Å². The number of rotatable bonds is 5. The maximum absolute atomic E-state index is 12.5. The van der Waals surface area contributed by atoms with Crippen LogP contribution in [0, 0.1) is 0 Å².